The minimum atomic E-state index is 0.0102. The Morgan fingerprint density at radius 3 is 1.79 bits per heavy atom. The molecule has 0 atom stereocenters. The number of carbonyl (C=O) groups excluding carboxylic acids is 2. The third-order valence-corrected chi connectivity index (χ3v) is 8.96. The molecule has 0 radical (unpaired) electrons. The number of benzene rings is 2. The molecule has 0 bridgehead atoms. The fourth-order valence-corrected chi connectivity index (χ4v) is 6.61. The average Bonchev–Trinajstić information content (AvgIpc) is 3.61. The summed E-state index contributed by atoms with van der Waals surface area (Å²) in [5.41, 5.74) is 8.52. The van der Waals surface area contributed by atoms with Crippen LogP contribution in [0.25, 0.3) is 55.2 Å². The second-order valence-corrected chi connectivity index (χ2v) is 12.0. The first-order valence-electron chi connectivity index (χ1n) is 15.7. The van der Waals surface area contributed by atoms with Crippen LogP contribution in [0.1, 0.15) is 34.1 Å². The quantitative estimate of drug-likeness (QED) is 0.217. The summed E-state index contributed by atoms with van der Waals surface area (Å²) in [5.74, 6) is 0.0624. The molecule has 1 fully saturated rings. The Bertz CT molecular complexity index is 2500. The van der Waals surface area contributed by atoms with Gasteiger partial charge < -0.3 is 9.80 Å². The summed E-state index contributed by atoms with van der Waals surface area (Å²) in [6.45, 7) is 5.01. The van der Waals surface area contributed by atoms with Gasteiger partial charge in [0, 0.05) is 55.2 Å². The lowest BCUT2D eigenvalue weighted by Gasteiger charge is -2.21. The number of carbonyl (C=O) groups is 2. The SMILES string of the molecule is CC(=O)c1cc2cnccc2n2c1nc1ccccc12.CN1CCCN(C(=O)c2cc3cnccc3n3c2nc2ccccc23)CC1. The zero-order valence-electron chi connectivity index (χ0n) is 26.2. The molecule has 1 aliphatic rings. The highest BCUT2D eigenvalue weighted by Gasteiger charge is 2.24. The number of nitrogens with zero attached hydrogens (tertiary/aromatic N) is 8. The highest BCUT2D eigenvalue weighted by Crippen LogP contribution is 2.28. The van der Waals surface area contributed by atoms with Crippen LogP contribution in [-0.2, 0) is 0 Å². The number of hydrogen-bond donors (Lipinski definition) is 0. The molecule has 0 unspecified atom stereocenters. The molecule has 9 rings (SSSR count). The van der Waals surface area contributed by atoms with Gasteiger partial charge in [-0.1, -0.05) is 24.3 Å². The molecule has 2 aromatic carbocycles. The molecule has 0 saturated carbocycles. The van der Waals surface area contributed by atoms with Crippen LogP contribution in [0, 0.1) is 0 Å². The molecule has 6 aromatic heterocycles. The van der Waals surface area contributed by atoms with Crippen LogP contribution >= 0.6 is 0 Å². The second kappa shape index (κ2) is 11.6. The minimum absolute atomic E-state index is 0.0102. The van der Waals surface area contributed by atoms with Gasteiger partial charge in [0.2, 0.25) is 0 Å². The van der Waals surface area contributed by atoms with Gasteiger partial charge in [0.25, 0.3) is 5.91 Å². The zero-order valence-corrected chi connectivity index (χ0v) is 26.2. The van der Waals surface area contributed by atoms with Crippen LogP contribution in [0.2, 0.25) is 0 Å². The summed E-state index contributed by atoms with van der Waals surface area (Å²) in [5, 5.41) is 1.89. The number of hydrogen-bond acceptors (Lipinski definition) is 7. The predicted molar refractivity (Wildman–Crippen MR) is 184 cm³/mol. The fourth-order valence-electron chi connectivity index (χ4n) is 6.61. The van der Waals surface area contributed by atoms with Crippen molar-refractivity contribution in [1.82, 2.24) is 38.5 Å². The van der Waals surface area contributed by atoms with E-state index < -0.39 is 0 Å². The van der Waals surface area contributed by atoms with Crippen LogP contribution in [0.3, 0.4) is 0 Å². The van der Waals surface area contributed by atoms with Crippen molar-refractivity contribution in [3.05, 3.63) is 109 Å². The number of imidazole rings is 2. The Hall–Kier alpha value is -5.74. The summed E-state index contributed by atoms with van der Waals surface area (Å²) in [6.07, 6.45) is 8.11. The Kier molecular flexibility index (Phi) is 7.06. The Morgan fingerprint density at radius 1 is 0.638 bits per heavy atom. The molecule has 8 aromatic rings. The molecule has 1 aliphatic heterocycles. The lowest BCUT2D eigenvalue weighted by atomic mass is 10.1. The third-order valence-electron chi connectivity index (χ3n) is 8.96. The van der Waals surface area contributed by atoms with Crippen LogP contribution in [0.15, 0.2) is 97.6 Å². The summed E-state index contributed by atoms with van der Waals surface area (Å²) in [7, 11) is 2.11. The molecule has 10 heteroatoms. The standard InChI is InChI=1S/C21H21N5O.C16H11N3O/c1-24-9-4-10-25(12-11-24)21(27)16-13-15-14-22-8-7-18(15)26-19-6-3-2-5-17(19)23-20(16)26;1-10(20)12-8-11-9-17-7-6-14(11)19-15-5-3-2-4-13(15)18-16(12)19/h2-3,5-8,13-14H,4,9-12H2,1H3;2-9H,1H3. The number of amides is 1. The number of fused-ring (bicyclic) bond motifs is 10. The highest BCUT2D eigenvalue weighted by atomic mass is 16.2. The number of para-hydroxylation sites is 4. The maximum Gasteiger partial charge on any atom is 0.257 e. The Labute approximate surface area is 269 Å². The van der Waals surface area contributed by atoms with E-state index in [-0.39, 0.29) is 11.7 Å². The maximum atomic E-state index is 13.4. The highest BCUT2D eigenvalue weighted by molar-refractivity contribution is 6.07. The van der Waals surface area contributed by atoms with Gasteiger partial charge >= 0.3 is 0 Å². The first-order chi connectivity index (χ1) is 23.0. The summed E-state index contributed by atoms with van der Waals surface area (Å²) < 4.78 is 4.12. The maximum absolute atomic E-state index is 13.4. The first kappa shape index (κ1) is 28.7. The van der Waals surface area contributed by atoms with E-state index in [0.29, 0.717) is 16.8 Å². The largest absolute Gasteiger partial charge is 0.337 e. The average molecular weight is 621 g/mol. The van der Waals surface area contributed by atoms with Crippen molar-refractivity contribution < 1.29 is 9.59 Å². The van der Waals surface area contributed by atoms with Crippen LogP contribution in [-0.4, -0.2) is 83.5 Å². The Morgan fingerprint density at radius 2 is 1.19 bits per heavy atom. The molecule has 0 N–H and O–H groups in total. The van der Waals surface area contributed by atoms with Crippen molar-refractivity contribution in [2.75, 3.05) is 33.2 Å². The van der Waals surface area contributed by atoms with Gasteiger partial charge in [0.05, 0.1) is 44.2 Å². The summed E-state index contributed by atoms with van der Waals surface area (Å²) in [4.78, 5) is 47.4. The normalized spacial score (nSPS) is 14.2. The monoisotopic (exact) mass is 620 g/mol. The Balaban J connectivity index is 0.000000144. The molecular formula is C37H32N8O2. The molecule has 0 spiro atoms. The first-order valence-corrected chi connectivity index (χ1v) is 15.7. The van der Waals surface area contributed by atoms with E-state index in [1.54, 1.807) is 25.5 Å². The van der Waals surface area contributed by atoms with Gasteiger partial charge in [-0.3, -0.25) is 28.4 Å². The minimum Gasteiger partial charge on any atom is -0.337 e. The number of likely N-dealkylation sites (N-methyl/N-ethyl adjacent to an activating group) is 1. The molecule has 10 nitrogen and oxygen atoms in total. The van der Waals surface area contributed by atoms with Gasteiger partial charge in [-0.25, -0.2) is 9.97 Å². The van der Waals surface area contributed by atoms with Crippen LogP contribution < -0.4 is 0 Å². The lowest BCUT2D eigenvalue weighted by Crippen LogP contribution is -2.34. The fraction of sp³-hybridized carbons (Fsp3) is 0.189. The number of rotatable bonds is 2. The van der Waals surface area contributed by atoms with Crippen molar-refractivity contribution in [2.24, 2.45) is 0 Å². The van der Waals surface area contributed by atoms with E-state index in [0.717, 1.165) is 82.1 Å². The molecule has 1 saturated heterocycles. The number of pyridine rings is 4. The zero-order chi connectivity index (χ0) is 32.1. The third kappa shape index (κ3) is 4.94. The van der Waals surface area contributed by atoms with Crippen molar-refractivity contribution in [2.45, 2.75) is 13.3 Å². The lowest BCUT2D eigenvalue weighted by molar-refractivity contribution is 0.0764. The van der Waals surface area contributed by atoms with Gasteiger partial charge in [-0.05, 0) is 75.5 Å². The molecule has 232 valence electrons. The van der Waals surface area contributed by atoms with Gasteiger partial charge in [-0.15, -0.1) is 0 Å². The molecule has 1 amide bonds. The van der Waals surface area contributed by atoms with Crippen molar-refractivity contribution in [1.29, 1.82) is 0 Å². The summed E-state index contributed by atoms with van der Waals surface area (Å²) >= 11 is 0. The number of aromatic nitrogens is 6. The molecule has 47 heavy (non-hydrogen) atoms. The molecule has 7 heterocycles. The van der Waals surface area contributed by atoms with Crippen molar-refractivity contribution >= 4 is 66.9 Å². The number of ketones is 1. The van der Waals surface area contributed by atoms with Crippen LogP contribution in [0.5, 0.6) is 0 Å². The van der Waals surface area contributed by atoms with Crippen LogP contribution in [0.4, 0.5) is 0 Å². The molecular weight excluding hydrogens is 588 g/mol. The molecule has 0 aliphatic carbocycles. The van der Waals surface area contributed by atoms with Crippen molar-refractivity contribution in [3.8, 4) is 0 Å². The second-order valence-electron chi connectivity index (χ2n) is 12.0. The van der Waals surface area contributed by atoms with Gasteiger partial charge in [-0.2, -0.15) is 0 Å². The van der Waals surface area contributed by atoms with Gasteiger partial charge in [0.15, 0.2) is 11.4 Å². The number of Topliss-reactive ketones (excluding diaryl/α,β-unsaturated/α-hetero) is 1. The topological polar surface area (TPSA) is 101 Å². The van der Waals surface area contributed by atoms with E-state index in [1.165, 1.54) is 0 Å². The predicted octanol–water partition coefficient (Wildman–Crippen LogP) is 6.05. The van der Waals surface area contributed by atoms with E-state index in [4.69, 9.17) is 4.98 Å². The van der Waals surface area contributed by atoms with Crippen molar-refractivity contribution in [3.63, 3.8) is 0 Å². The van der Waals surface area contributed by atoms with Gasteiger partial charge in [0.1, 0.15) is 5.65 Å². The van der Waals surface area contributed by atoms with E-state index >= 15 is 0 Å². The van der Waals surface area contributed by atoms with E-state index in [1.807, 2.05) is 88.3 Å². The smallest absolute Gasteiger partial charge is 0.257 e. The summed E-state index contributed by atoms with van der Waals surface area (Å²) in [6, 6.07) is 23.6. The van der Waals surface area contributed by atoms with E-state index in [2.05, 4.69) is 31.3 Å². The van der Waals surface area contributed by atoms with E-state index in [9.17, 15) is 9.59 Å².